The number of nitrogens with one attached hydrogen (secondary N) is 1. The minimum atomic E-state index is -0.416. The van der Waals surface area contributed by atoms with Crippen molar-refractivity contribution in [2.75, 3.05) is 26.2 Å². The second-order valence-corrected chi connectivity index (χ2v) is 6.54. The minimum Gasteiger partial charge on any atom is -0.353 e. The molecule has 0 aliphatic carbocycles. The van der Waals surface area contributed by atoms with E-state index >= 15 is 0 Å². The van der Waals surface area contributed by atoms with Crippen molar-refractivity contribution in [3.05, 3.63) is 35.6 Å². The molecule has 2 aliphatic rings. The van der Waals surface area contributed by atoms with Crippen molar-refractivity contribution in [3.63, 3.8) is 0 Å². The number of carbonyl (C=O) groups excluding carboxylic acids is 2. The zero-order valence-electron chi connectivity index (χ0n) is 13.8. The molecule has 1 N–H and O–H groups in total. The van der Waals surface area contributed by atoms with E-state index < -0.39 is 6.04 Å². The average molecular weight is 333 g/mol. The van der Waals surface area contributed by atoms with Gasteiger partial charge in [0, 0.05) is 26.1 Å². The molecule has 1 atom stereocenters. The predicted molar refractivity (Wildman–Crippen MR) is 88.7 cm³/mol. The maximum atomic E-state index is 13.0. The standard InChI is InChI=1S/C18H24FN3O2/c19-15-5-3-14(4-6-15)13-22-16(7-8-17(22)23)18(24)20-9-12-21-10-1-2-11-21/h3-6,16H,1-2,7-13H2,(H,20,24). The van der Waals surface area contributed by atoms with E-state index in [1.54, 1.807) is 17.0 Å². The van der Waals surface area contributed by atoms with E-state index in [4.69, 9.17) is 0 Å². The van der Waals surface area contributed by atoms with Crippen LogP contribution in [-0.4, -0.2) is 53.8 Å². The molecule has 2 fully saturated rings. The summed E-state index contributed by atoms with van der Waals surface area (Å²) in [5.41, 5.74) is 0.835. The first-order valence-corrected chi connectivity index (χ1v) is 8.67. The number of hydrogen-bond donors (Lipinski definition) is 1. The summed E-state index contributed by atoms with van der Waals surface area (Å²) in [6.07, 6.45) is 3.41. The van der Waals surface area contributed by atoms with Crippen LogP contribution in [0.1, 0.15) is 31.2 Å². The quantitative estimate of drug-likeness (QED) is 0.859. The summed E-state index contributed by atoms with van der Waals surface area (Å²) in [4.78, 5) is 28.5. The van der Waals surface area contributed by atoms with Crippen LogP contribution in [0.2, 0.25) is 0 Å². The number of likely N-dealkylation sites (tertiary alicyclic amines) is 2. The topological polar surface area (TPSA) is 52.7 Å². The van der Waals surface area contributed by atoms with E-state index in [9.17, 15) is 14.0 Å². The molecule has 24 heavy (non-hydrogen) atoms. The third-order valence-electron chi connectivity index (χ3n) is 4.82. The molecule has 2 heterocycles. The van der Waals surface area contributed by atoms with Crippen LogP contribution in [0, 0.1) is 5.82 Å². The van der Waals surface area contributed by atoms with Crippen LogP contribution in [0.15, 0.2) is 24.3 Å². The molecular formula is C18H24FN3O2. The fourth-order valence-corrected chi connectivity index (χ4v) is 3.45. The van der Waals surface area contributed by atoms with Gasteiger partial charge in [-0.15, -0.1) is 0 Å². The summed E-state index contributed by atoms with van der Waals surface area (Å²) < 4.78 is 13.0. The fraction of sp³-hybridized carbons (Fsp3) is 0.556. The van der Waals surface area contributed by atoms with E-state index in [-0.39, 0.29) is 17.6 Å². The first kappa shape index (κ1) is 16.9. The maximum Gasteiger partial charge on any atom is 0.242 e. The Labute approximate surface area is 141 Å². The molecule has 0 saturated carbocycles. The predicted octanol–water partition coefficient (Wildman–Crippen LogP) is 1.53. The van der Waals surface area contributed by atoms with E-state index in [0.29, 0.717) is 25.9 Å². The number of nitrogens with zero attached hydrogens (tertiary/aromatic N) is 2. The summed E-state index contributed by atoms with van der Waals surface area (Å²) >= 11 is 0. The molecule has 2 saturated heterocycles. The number of rotatable bonds is 6. The van der Waals surface area contributed by atoms with Gasteiger partial charge in [0.2, 0.25) is 11.8 Å². The minimum absolute atomic E-state index is 0.0148. The Morgan fingerprint density at radius 1 is 1.21 bits per heavy atom. The number of amides is 2. The second-order valence-electron chi connectivity index (χ2n) is 6.54. The Hall–Kier alpha value is -1.95. The first-order valence-electron chi connectivity index (χ1n) is 8.67. The lowest BCUT2D eigenvalue weighted by Gasteiger charge is -2.24. The van der Waals surface area contributed by atoms with Crippen molar-refractivity contribution in [3.8, 4) is 0 Å². The Balaban J connectivity index is 1.53. The third kappa shape index (κ3) is 4.12. The highest BCUT2D eigenvalue weighted by molar-refractivity contribution is 5.90. The van der Waals surface area contributed by atoms with Crippen LogP contribution in [0.3, 0.4) is 0 Å². The molecule has 0 bridgehead atoms. The van der Waals surface area contributed by atoms with Crippen LogP contribution in [0.25, 0.3) is 0 Å². The van der Waals surface area contributed by atoms with Gasteiger partial charge < -0.3 is 15.1 Å². The van der Waals surface area contributed by atoms with Gasteiger partial charge in [0.05, 0.1) is 0 Å². The molecule has 0 radical (unpaired) electrons. The first-order chi connectivity index (χ1) is 11.6. The van der Waals surface area contributed by atoms with Crippen LogP contribution in [0.5, 0.6) is 0 Å². The molecule has 1 aromatic rings. The molecule has 0 aromatic heterocycles. The maximum absolute atomic E-state index is 13.0. The van der Waals surface area contributed by atoms with Gasteiger partial charge in [-0.05, 0) is 50.0 Å². The molecule has 2 aliphatic heterocycles. The van der Waals surface area contributed by atoms with Gasteiger partial charge in [-0.3, -0.25) is 9.59 Å². The highest BCUT2D eigenvalue weighted by Crippen LogP contribution is 2.22. The van der Waals surface area contributed by atoms with Gasteiger partial charge in [0.25, 0.3) is 0 Å². The van der Waals surface area contributed by atoms with Crippen LogP contribution in [-0.2, 0) is 16.1 Å². The summed E-state index contributed by atoms with van der Waals surface area (Å²) in [5.74, 6) is -0.399. The lowest BCUT2D eigenvalue weighted by atomic mass is 10.1. The lowest BCUT2D eigenvalue weighted by Crippen LogP contribution is -2.46. The SMILES string of the molecule is O=C(NCCN1CCCC1)C1CCC(=O)N1Cc1ccc(F)cc1. The molecule has 6 heteroatoms. The molecule has 0 spiro atoms. The number of carbonyl (C=O) groups is 2. The van der Waals surface area contributed by atoms with Crippen molar-refractivity contribution in [2.45, 2.75) is 38.3 Å². The lowest BCUT2D eigenvalue weighted by molar-refractivity contribution is -0.135. The van der Waals surface area contributed by atoms with Gasteiger partial charge in [0.1, 0.15) is 11.9 Å². The Morgan fingerprint density at radius 3 is 2.62 bits per heavy atom. The van der Waals surface area contributed by atoms with E-state index in [1.807, 2.05) is 0 Å². The average Bonchev–Trinajstić information content (AvgIpc) is 3.20. The van der Waals surface area contributed by atoms with Crippen molar-refractivity contribution in [2.24, 2.45) is 0 Å². The van der Waals surface area contributed by atoms with Crippen LogP contribution < -0.4 is 5.32 Å². The largest absolute Gasteiger partial charge is 0.353 e. The number of benzene rings is 1. The Kier molecular flexibility index (Phi) is 5.45. The Morgan fingerprint density at radius 2 is 1.92 bits per heavy atom. The van der Waals surface area contributed by atoms with Gasteiger partial charge in [-0.2, -0.15) is 0 Å². The molecule has 1 aromatic carbocycles. The van der Waals surface area contributed by atoms with E-state index in [0.717, 1.165) is 25.2 Å². The van der Waals surface area contributed by atoms with Crippen LogP contribution in [0.4, 0.5) is 4.39 Å². The molecule has 5 nitrogen and oxygen atoms in total. The highest BCUT2D eigenvalue weighted by atomic mass is 19.1. The number of hydrogen-bond acceptors (Lipinski definition) is 3. The van der Waals surface area contributed by atoms with Gasteiger partial charge >= 0.3 is 0 Å². The third-order valence-corrected chi connectivity index (χ3v) is 4.82. The second kappa shape index (κ2) is 7.75. The molecule has 130 valence electrons. The summed E-state index contributed by atoms with van der Waals surface area (Å²) in [7, 11) is 0. The highest BCUT2D eigenvalue weighted by Gasteiger charge is 2.35. The van der Waals surface area contributed by atoms with Crippen molar-refractivity contribution >= 4 is 11.8 Å². The fourth-order valence-electron chi connectivity index (χ4n) is 3.45. The molecule has 3 rings (SSSR count). The monoisotopic (exact) mass is 333 g/mol. The van der Waals surface area contributed by atoms with Gasteiger partial charge in [-0.1, -0.05) is 12.1 Å². The van der Waals surface area contributed by atoms with Gasteiger partial charge in [-0.25, -0.2) is 4.39 Å². The van der Waals surface area contributed by atoms with Crippen LogP contribution >= 0.6 is 0 Å². The normalized spacial score (nSPS) is 21.5. The van der Waals surface area contributed by atoms with Crippen molar-refractivity contribution in [1.82, 2.24) is 15.1 Å². The summed E-state index contributed by atoms with van der Waals surface area (Å²) in [6.45, 7) is 4.05. The van der Waals surface area contributed by atoms with Crippen molar-refractivity contribution in [1.29, 1.82) is 0 Å². The molecule has 2 amide bonds. The summed E-state index contributed by atoms with van der Waals surface area (Å²) in [5, 5.41) is 2.96. The molecular weight excluding hydrogens is 309 g/mol. The smallest absolute Gasteiger partial charge is 0.242 e. The Bertz CT molecular complexity index is 584. The zero-order chi connectivity index (χ0) is 16.9. The molecule has 1 unspecified atom stereocenters. The van der Waals surface area contributed by atoms with Crippen molar-refractivity contribution < 1.29 is 14.0 Å². The zero-order valence-corrected chi connectivity index (χ0v) is 13.8. The van der Waals surface area contributed by atoms with Gasteiger partial charge in [0.15, 0.2) is 0 Å². The van der Waals surface area contributed by atoms with E-state index in [2.05, 4.69) is 10.2 Å². The summed E-state index contributed by atoms with van der Waals surface area (Å²) in [6, 6.07) is 5.65. The number of halogens is 1. The van der Waals surface area contributed by atoms with E-state index in [1.165, 1.54) is 25.0 Å².